The van der Waals surface area contributed by atoms with Gasteiger partial charge in [-0.1, -0.05) is 0 Å². The molecule has 0 radical (unpaired) electrons. The molecule has 0 amide bonds. The van der Waals surface area contributed by atoms with Crippen LogP contribution in [0.5, 0.6) is 0 Å². The van der Waals surface area contributed by atoms with Crippen molar-refractivity contribution in [3.05, 3.63) is 29.3 Å². The summed E-state index contributed by atoms with van der Waals surface area (Å²) < 4.78 is 4.96. The minimum absolute atomic E-state index is 0.277. The molecule has 1 aromatic rings. The van der Waals surface area contributed by atoms with E-state index in [-0.39, 0.29) is 12.0 Å². The van der Waals surface area contributed by atoms with Crippen molar-refractivity contribution in [2.45, 2.75) is 33.7 Å². The summed E-state index contributed by atoms with van der Waals surface area (Å²) in [6.45, 7) is 8.12. The molecule has 5 heteroatoms. The molecular formula is C14H20N2O2S. The Bertz CT molecular complexity index is 473. The molecule has 0 saturated carbocycles. The molecule has 2 N–H and O–H groups in total. The highest BCUT2D eigenvalue weighted by molar-refractivity contribution is 7.80. The molecule has 0 aliphatic heterocycles. The first kappa shape index (κ1) is 15.4. The molecular weight excluding hydrogens is 260 g/mol. The van der Waals surface area contributed by atoms with Crippen LogP contribution in [0.25, 0.3) is 0 Å². The summed E-state index contributed by atoms with van der Waals surface area (Å²) in [6.07, 6.45) is 0. The van der Waals surface area contributed by atoms with Gasteiger partial charge in [0.25, 0.3) is 0 Å². The molecule has 104 valence electrons. The van der Waals surface area contributed by atoms with E-state index in [9.17, 15) is 4.79 Å². The minimum atomic E-state index is -0.306. The van der Waals surface area contributed by atoms with Crippen molar-refractivity contribution in [1.82, 2.24) is 5.32 Å². The first-order chi connectivity index (χ1) is 8.93. The third-order valence-electron chi connectivity index (χ3n) is 2.41. The quantitative estimate of drug-likeness (QED) is 0.656. The van der Waals surface area contributed by atoms with Crippen molar-refractivity contribution < 1.29 is 9.53 Å². The number of hydrogen-bond acceptors (Lipinski definition) is 3. The largest absolute Gasteiger partial charge is 0.462 e. The van der Waals surface area contributed by atoms with Crippen molar-refractivity contribution >= 4 is 29.0 Å². The predicted molar refractivity (Wildman–Crippen MR) is 81.6 cm³/mol. The van der Waals surface area contributed by atoms with Crippen LogP contribution in [0.3, 0.4) is 0 Å². The molecule has 0 aliphatic rings. The number of thiocarbonyl (C=S) groups is 1. The van der Waals surface area contributed by atoms with E-state index in [1.165, 1.54) is 0 Å². The van der Waals surface area contributed by atoms with Crippen LogP contribution in [0.15, 0.2) is 18.2 Å². The van der Waals surface area contributed by atoms with Gasteiger partial charge >= 0.3 is 5.97 Å². The lowest BCUT2D eigenvalue weighted by molar-refractivity contribution is 0.0526. The van der Waals surface area contributed by atoms with Crippen molar-refractivity contribution in [2.75, 3.05) is 11.9 Å². The van der Waals surface area contributed by atoms with Crippen LogP contribution >= 0.6 is 12.2 Å². The lowest BCUT2D eigenvalue weighted by atomic mass is 10.1. The average Bonchev–Trinajstić information content (AvgIpc) is 2.31. The molecule has 0 saturated heterocycles. The number of nitrogens with one attached hydrogen (secondary N) is 2. The van der Waals surface area contributed by atoms with Gasteiger partial charge in [-0.05, 0) is 63.7 Å². The maximum Gasteiger partial charge on any atom is 0.338 e. The number of anilines is 1. The van der Waals surface area contributed by atoms with Crippen LogP contribution in [0.4, 0.5) is 5.69 Å². The Labute approximate surface area is 119 Å². The van der Waals surface area contributed by atoms with Gasteiger partial charge in [0, 0.05) is 11.7 Å². The van der Waals surface area contributed by atoms with Crippen molar-refractivity contribution in [2.24, 2.45) is 0 Å². The number of benzene rings is 1. The van der Waals surface area contributed by atoms with Gasteiger partial charge in [-0.25, -0.2) is 4.79 Å². The van der Waals surface area contributed by atoms with E-state index in [1.54, 1.807) is 19.1 Å². The first-order valence-electron chi connectivity index (χ1n) is 6.29. The Hall–Kier alpha value is -1.62. The van der Waals surface area contributed by atoms with Crippen molar-refractivity contribution in [3.8, 4) is 0 Å². The first-order valence-corrected chi connectivity index (χ1v) is 6.70. The molecule has 0 atom stereocenters. The molecule has 0 fully saturated rings. The predicted octanol–water partition coefficient (Wildman–Crippen LogP) is 2.87. The third-order valence-corrected chi connectivity index (χ3v) is 2.63. The van der Waals surface area contributed by atoms with E-state index < -0.39 is 0 Å². The molecule has 0 aromatic heterocycles. The van der Waals surface area contributed by atoms with Gasteiger partial charge in [0.2, 0.25) is 0 Å². The van der Waals surface area contributed by atoms with Gasteiger partial charge in [-0.3, -0.25) is 0 Å². The fraction of sp³-hybridized carbons (Fsp3) is 0.429. The van der Waals surface area contributed by atoms with Crippen molar-refractivity contribution in [3.63, 3.8) is 0 Å². The standard InChI is InChI=1S/C14H20N2O2S/c1-5-18-13(17)11-6-7-12(10(4)8-11)16-14(19)15-9(2)3/h6-9H,5H2,1-4H3,(H2,15,16,19). The highest BCUT2D eigenvalue weighted by atomic mass is 32.1. The summed E-state index contributed by atoms with van der Waals surface area (Å²) in [6, 6.07) is 5.62. The second-order valence-electron chi connectivity index (χ2n) is 4.50. The summed E-state index contributed by atoms with van der Waals surface area (Å²) in [5.41, 5.74) is 2.37. The van der Waals surface area contributed by atoms with E-state index in [4.69, 9.17) is 17.0 Å². The zero-order chi connectivity index (χ0) is 14.4. The average molecular weight is 280 g/mol. The van der Waals surface area contributed by atoms with Crippen LogP contribution in [-0.2, 0) is 4.74 Å². The van der Waals surface area contributed by atoms with Gasteiger partial charge in [-0.2, -0.15) is 0 Å². The van der Waals surface area contributed by atoms with E-state index >= 15 is 0 Å². The third kappa shape index (κ3) is 4.87. The number of esters is 1. The maximum atomic E-state index is 11.6. The molecule has 0 bridgehead atoms. The highest BCUT2D eigenvalue weighted by Gasteiger charge is 2.09. The Balaban J connectivity index is 2.77. The van der Waals surface area contributed by atoms with E-state index in [2.05, 4.69) is 10.6 Å². The Morgan fingerprint density at radius 1 is 1.42 bits per heavy atom. The van der Waals surface area contributed by atoms with Crippen LogP contribution in [0, 0.1) is 6.92 Å². The van der Waals surface area contributed by atoms with E-state index in [0.29, 0.717) is 17.3 Å². The monoisotopic (exact) mass is 280 g/mol. The number of aryl methyl sites for hydroxylation is 1. The van der Waals surface area contributed by atoms with Gasteiger partial charge in [0.1, 0.15) is 0 Å². The normalized spacial score (nSPS) is 10.2. The fourth-order valence-electron chi connectivity index (χ4n) is 1.57. The highest BCUT2D eigenvalue weighted by Crippen LogP contribution is 2.17. The summed E-state index contributed by atoms with van der Waals surface area (Å²) in [7, 11) is 0. The number of hydrogen-bond donors (Lipinski definition) is 2. The molecule has 19 heavy (non-hydrogen) atoms. The zero-order valence-electron chi connectivity index (χ0n) is 11.7. The summed E-state index contributed by atoms with van der Waals surface area (Å²) >= 11 is 5.18. The minimum Gasteiger partial charge on any atom is -0.462 e. The number of rotatable bonds is 4. The molecule has 0 unspecified atom stereocenters. The summed E-state index contributed by atoms with van der Waals surface area (Å²) in [5.74, 6) is -0.306. The van der Waals surface area contributed by atoms with Gasteiger partial charge in [0.05, 0.1) is 12.2 Å². The van der Waals surface area contributed by atoms with Crippen LogP contribution in [-0.4, -0.2) is 23.7 Å². The Kier molecular flexibility index (Phi) is 5.76. The molecule has 0 spiro atoms. The van der Waals surface area contributed by atoms with E-state index in [0.717, 1.165) is 11.3 Å². The number of carbonyl (C=O) groups excluding carboxylic acids is 1. The maximum absolute atomic E-state index is 11.6. The molecule has 1 rings (SSSR count). The van der Waals surface area contributed by atoms with Gasteiger partial charge in [-0.15, -0.1) is 0 Å². The Morgan fingerprint density at radius 3 is 2.63 bits per heavy atom. The summed E-state index contributed by atoms with van der Waals surface area (Å²) in [4.78, 5) is 11.6. The molecule has 4 nitrogen and oxygen atoms in total. The molecule has 0 aliphatic carbocycles. The second-order valence-corrected chi connectivity index (χ2v) is 4.91. The van der Waals surface area contributed by atoms with E-state index in [1.807, 2.05) is 26.8 Å². The van der Waals surface area contributed by atoms with Gasteiger partial charge < -0.3 is 15.4 Å². The SMILES string of the molecule is CCOC(=O)c1ccc(NC(=S)NC(C)C)c(C)c1. The molecule has 0 heterocycles. The number of carbonyl (C=O) groups is 1. The smallest absolute Gasteiger partial charge is 0.338 e. The van der Waals surface area contributed by atoms with Crippen LogP contribution < -0.4 is 10.6 Å². The zero-order valence-corrected chi connectivity index (χ0v) is 12.6. The number of ether oxygens (including phenoxy) is 1. The van der Waals surface area contributed by atoms with Gasteiger partial charge in [0.15, 0.2) is 5.11 Å². The lowest BCUT2D eigenvalue weighted by Gasteiger charge is -2.15. The summed E-state index contributed by atoms with van der Waals surface area (Å²) in [5, 5.41) is 6.78. The Morgan fingerprint density at radius 2 is 2.11 bits per heavy atom. The van der Waals surface area contributed by atoms with Crippen LogP contribution in [0.1, 0.15) is 36.7 Å². The van der Waals surface area contributed by atoms with Crippen molar-refractivity contribution in [1.29, 1.82) is 0 Å². The topological polar surface area (TPSA) is 50.4 Å². The fourth-order valence-corrected chi connectivity index (χ4v) is 1.91. The lowest BCUT2D eigenvalue weighted by Crippen LogP contribution is -2.34. The van der Waals surface area contributed by atoms with Crippen LogP contribution in [0.2, 0.25) is 0 Å². The molecule has 1 aromatic carbocycles. The second kappa shape index (κ2) is 7.09.